The summed E-state index contributed by atoms with van der Waals surface area (Å²) in [4.78, 5) is 24.0. The zero-order valence-electron chi connectivity index (χ0n) is 20.0. The topological polar surface area (TPSA) is 98.2 Å². The van der Waals surface area contributed by atoms with E-state index in [0.29, 0.717) is 59.9 Å². The predicted octanol–water partition coefficient (Wildman–Crippen LogP) is 3.51. The van der Waals surface area contributed by atoms with E-state index in [4.69, 9.17) is 9.47 Å². The van der Waals surface area contributed by atoms with Gasteiger partial charge in [0.2, 0.25) is 5.88 Å². The second kappa shape index (κ2) is 9.70. The van der Waals surface area contributed by atoms with Gasteiger partial charge >= 0.3 is 5.69 Å². The second-order valence-electron chi connectivity index (χ2n) is 8.59. The van der Waals surface area contributed by atoms with E-state index < -0.39 is 5.82 Å². The van der Waals surface area contributed by atoms with Gasteiger partial charge in [-0.25, -0.2) is 19.2 Å². The number of fused-ring (bicyclic) bond motifs is 1. The number of nitrogens with zero attached hydrogens (tertiary/aromatic N) is 6. The van der Waals surface area contributed by atoms with E-state index >= 15 is 0 Å². The maximum Gasteiger partial charge on any atom is 0.329 e. The SMILES string of the molecule is COc1ncncc1Cn1c(=O)n(C2CCN(c3c(F)cccc3C#N)CC2)c2cccc(OC)c21. The van der Waals surface area contributed by atoms with Crippen LogP contribution in [-0.2, 0) is 6.54 Å². The van der Waals surface area contributed by atoms with Crippen molar-refractivity contribution in [2.45, 2.75) is 25.4 Å². The number of ether oxygens (including phenoxy) is 2. The molecule has 1 aliphatic rings. The number of para-hydroxylation sites is 2. The van der Waals surface area contributed by atoms with Gasteiger partial charge in [0.15, 0.2) is 0 Å². The molecule has 4 aromatic rings. The Labute approximate surface area is 207 Å². The molecule has 0 aliphatic carbocycles. The number of piperidine rings is 1. The molecule has 2 aromatic carbocycles. The van der Waals surface area contributed by atoms with Gasteiger partial charge in [-0.15, -0.1) is 0 Å². The third-order valence-corrected chi connectivity index (χ3v) is 6.69. The fourth-order valence-corrected chi connectivity index (χ4v) is 5.05. The molecule has 0 unspecified atom stereocenters. The van der Waals surface area contributed by atoms with E-state index in [0.717, 1.165) is 5.52 Å². The number of hydrogen-bond donors (Lipinski definition) is 0. The normalized spacial score (nSPS) is 14.1. The van der Waals surface area contributed by atoms with E-state index in [2.05, 4.69) is 16.0 Å². The number of rotatable bonds is 6. The Hall–Kier alpha value is -4.39. The third-order valence-electron chi connectivity index (χ3n) is 6.69. The van der Waals surface area contributed by atoms with Crippen LogP contribution in [0.1, 0.15) is 30.0 Å². The molecule has 36 heavy (non-hydrogen) atoms. The van der Waals surface area contributed by atoms with Crippen molar-refractivity contribution in [1.29, 1.82) is 5.26 Å². The summed E-state index contributed by atoms with van der Waals surface area (Å²) in [5.74, 6) is 0.575. The number of benzene rings is 2. The average molecular weight is 489 g/mol. The lowest BCUT2D eigenvalue weighted by Gasteiger charge is -2.34. The van der Waals surface area contributed by atoms with Gasteiger partial charge < -0.3 is 14.4 Å². The summed E-state index contributed by atoms with van der Waals surface area (Å²) in [6, 6.07) is 12.1. The molecule has 1 aliphatic heterocycles. The largest absolute Gasteiger partial charge is 0.494 e. The molecule has 0 spiro atoms. The number of halogens is 1. The first-order valence-electron chi connectivity index (χ1n) is 11.6. The summed E-state index contributed by atoms with van der Waals surface area (Å²) in [7, 11) is 3.10. The van der Waals surface area contributed by atoms with Gasteiger partial charge in [0.1, 0.15) is 29.5 Å². The van der Waals surface area contributed by atoms with Gasteiger partial charge in [-0.2, -0.15) is 5.26 Å². The van der Waals surface area contributed by atoms with E-state index in [9.17, 15) is 14.4 Å². The summed E-state index contributed by atoms with van der Waals surface area (Å²) in [6.07, 6.45) is 4.27. The van der Waals surface area contributed by atoms with E-state index in [1.54, 1.807) is 34.6 Å². The summed E-state index contributed by atoms with van der Waals surface area (Å²) in [6.45, 7) is 1.25. The number of aromatic nitrogens is 4. The van der Waals surface area contributed by atoms with Crippen LogP contribution in [0, 0.1) is 17.1 Å². The molecule has 184 valence electrons. The molecule has 2 aromatic heterocycles. The van der Waals surface area contributed by atoms with Gasteiger partial charge in [0.05, 0.1) is 43.1 Å². The molecule has 0 N–H and O–H groups in total. The third kappa shape index (κ3) is 3.92. The maximum absolute atomic E-state index is 14.6. The Morgan fingerprint density at radius 3 is 2.64 bits per heavy atom. The van der Waals surface area contributed by atoms with Crippen LogP contribution in [0.15, 0.2) is 53.7 Å². The van der Waals surface area contributed by atoms with Gasteiger partial charge in [-0.1, -0.05) is 12.1 Å². The molecule has 3 heterocycles. The first kappa shape index (κ1) is 23.4. The summed E-state index contributed by atoms with van der Waals surface area (Å²) in [5.41, 5.74) is 2.57. The van der Waals surface area contributed by atoms with Crippen molar-refractivity contribution in [3.05, 3.63) is 76.4 Å². The number of imidazole rings is 1. The molecular weight excluding hydrogens is 463 g/mol. The molecule has 0 saturated carbocycles. The zero-order valence-corrected chi connectivity index (χ0v) is 20.0. The Morgan fingerprint density at radius 1 is 1.14 bits per heavy atom. The molecule has 9 nitrogen and oxygen atoms in total. The Morgan fingerprint density at radius 2 is 1.92 bits per heavy atom. The van der Waals surface area contributed by atoms with Gasteiger partial charge in [0.25, 0.3) is 0 Å². The van der Waals surface area contributed by atoms with Crippen molar-refractivity contribution in [3.8, 4) is 17.7 Å². The van der Waals surface area contributed by atoms with Crippen LogP contribution in [0.5, 0.6) is 11.6 Å². The van der Waals surface area contributed by atoms with Crippen LogP contribution in [0.25, 0.3) is 11.0 Å². The highest BCUT2D eigenvalue weighted by Crippen LogP contribution is 2.34. The van der Waals surface area contributed by atoms with Crippen molar-refractivity contribution >= 4 is 16.7 Å². The molecule has 1 saturated heterocycles. The van der Waals surface area contributed by atoms with E-state index in [1.165, 1.54) is 19.5 Å². The number of anilines is 1. The highest BCUT2D eigenvalue weighted by molar-refractivity contribution is 5.83. The fourth-order valence-electron chi connectivity index (χ4n) is 5.05. The van der Waals surface area contributed by atoms with Gasteiger partial charge in [-0.05, 0) is 37.1 Å². The van der Waals surface area contributed by atoms with Gasteiger partial charge in [-0.3, -0.25) is 9.13 Å². The number of nitriles is 1. The summed E-state index contributed by atoms with van der Waals surface area (Å²) < 4.78 is 29.0. The van der Waals surface area contributed by atoms with E-state index in [1.807, 2.05) is 23.1 Å². The van der Waals surface area contributed by atoms with Crippen LogP contribution in [-0.4, -0.2) is 46.4 Å². The Balaban J connectivity index is 1.53. The van der Waals surface area contributed by atoms with Crippen LogP contribution >= 0.6 is 0 Å². The monoisotopic (exact) mass is 488 g/mol. The lowest BCUT2D eigenvalue weighted by atomic mass is 10.0. The molecule has 1 fully saturated rings. The Bertz CT molecular complexity index is 1510. The molecule has 0 atom stereocenters. The first-order chi connectivity index (χ1) is 17.6. The summed E-state index contributed by atoms with van der Waals surface area (Å²) >= 11 is 0. The predicted molar refractivity (Wildman–Crippen MR) is 132 cm³/mol. The van der Waals surface area contributed by atoms with Crippen molar-refractivity contribution in [2.24, 2.45) is 0 Å². The minimum Gasteiger partial charge on any atom is -0.494 e. The van der Waals surface area contributed by atoms with Crippen LogP contribution in [0.2, 0.25) is 0 Å². The van der Waals surface area contributed by atoms with Gasteiger partial charge in [0, 0.05) is 25.3 Å². The average Bonchev–Trinajstić information content (AvgIpc) is 3.20. The fraction of sp³-hybridized carbons (Fsp3) is 0.308. The smallest absolute Gasteiger partial charge is 0.329 e. The molecule has 10 heteroatoms. The molecule has 0 amide bonds. The standard InChI is InChI=1S/C26H25FN6O3/c1-35-22-8-4-7-21-24(22)32(15-18-14-29-16-30-25(18)36-2)26(34)33(21)19-9-11-31(12-10-19)23-17(13-28)5-3-6-20(23)27/h3-8,14,16,19H,9-12,15H2,1-2H3. The highest BCUT2D eigenvalue weighted by Gasteiger charge is 2.28. The minimum atomic E-state index is -0.412. The maximum atomic E-state index is 14.6. The van der Waals surface area contributed by atoms with Crippen LogP contribution < -0.4 is 20.1 Å². The van der Waals surface area contributed by atoms with Crippen molar-refractivity contribution in [1.82, 2.24) is 19.1 Å². The molecule has 0 bridgehead atoms. The Kier molecular flexibility index (Phi) is 6.29. The van der Waals surface area contributed by atoms with Crippen LogP contribution in [0.3, 0.4) is 0 Å². The lowest BCUT2D eigenvalue weighted by Crippen LogP contribution is -2.38. The summed E-state index contributed by atoms with van der Waals surface area (Å²) in [5, 5.41) is 9.45. The minimum absolute atomic E-state index is 0.101. The lowest BCUT2D eigenvalue weighted by molar-refractivity contribution is 0.384. The van der Waals surface area contributed by atoms with Crippen LogP contribution in [0.4, 0.5) is 10.1 Å². The quantitative estimate of drug-likeness (QED) is 0.410. The number of hydrogen-bond acceptors (Lipinski definition) is 7. The zero-order chi connectivity index (χ0) is 25.2. The molecule has 0 radical (unpaired) electrons. The molecule has 5 rings (SSSR count). The van der Waals surface area contributed by atoms with Crippen molar-refractivity contribution < 1.29 is 13.9 Å². The molecular formula is C26H25FN6O3. The number of methoxy groups -OCH3 is 2. The first-order valence-corrected chi connectivity index (χ1v) is 11.6. The van der Waals surface area contributed by atoms with Crippen molar-refractivity contribution in [2.75, 3.05) is 32.2 Å². The van der Waals surface area contributed by atoms with Crippen molar-refractivity contribution in [3.63, 3.8) is 0 Å². The second-order valence-corrected chi connectivity index (χ2v) is 8.59. The highest BCUT2D eigenvalue weighted by atomic mass is 19.1. The van der Waals surface area contributed by atoms with E-state index in [-0.39, 0.29) is 18.3 Å².